The molecule has 166 valence electrons. The van der Waals surface area contributed by atoms with E-state index >= 15 is 0 Å². The van der Waals surface area contributed by atoms with Crippen molar-refractivity contribution in [2.75, 3.05) is 17.7 Å². The van der Waals surface area contributed by atoms with E-state index in [9.17, 15) is 15.2 Å². The maximum Gasteiger partial charge on any atom is 0.224 e. The molecule has 6 nitrogen and oxygen atoms in total. The van der Waals surface area contributed by atoms with Crippen LogP contribution in [0.25, 0.3) is 0 Å². The Balaban J connectivity index is 2.07. The van der Waals surface area contributed by atoms with Gasteiger partial charge in [0.25, 0.3) is 0 Å². The minimum absolute atomic E-state index is 0.0388. The molecule has 0 atom stereocenters. The molecule has 0 saturated carbocycles. The Morgan fingerprint density at radius 2 is 1.48 bits per heavy atom. The average molecular weight is 408 g/mol. The highest BCUT2D eigenvalue weighted by Crippen LogP contribution is 2.29. The minimum atomic E-state index is -0.261. The van der Waals surface area contributed by atoms with Crippen LogP contribution in [0.2, 0.25) is 0 Å². The molecular formula is C23H39N2O4-. The van der Waals surface area contributed by atoms with E-state index in [2.05, 4.69) is 12.2 Å². The van der Waals surface area contributed by atoms with Crippen LogP contribution in [0, 0.1) is 5.21 Å². The fourth-order valence-electron chi connectivity index (χ4n) is 3.42. The third-order valence-electron chi connectivity index (χ3n) is 5.19. The summed E-state index contributed by atoms with van der Waals surface area (Å²) >= 11 is 0. The van der Waals surface area contributed by atoms with Crippen LogP contribution in [0.15, 0.2) is 18.2 Å². The van der Waals surface area contributed by atoms with Crippen molar-refractivity contribution in [3.8, 4) is 5.75 Å². The van der Waals surface area contributed by atoms with Crippen LogP contribution in [0.3, 0.4) is 0 Å². The van der Waals surface area contributed by atoms with Crippen molar-refractivity contribution in [3.63, 3.8) is 0 Å². The molecule has 0 unspecified atom stereocenters. The zero-order valence-electron chi connectivity index (χ0n) is 18.3. The summed E-state index contributed by atoms with van der Waals surface area (Å²) in [5.41, 5.74) is 0.242. The molecule has 0 fully saturated rings. The molecule has 0 spiro atoms. The SMILES string of the molecule is CCCCCCCCCCCCCCCC(=O)Nc1ccc(OC)cc1N([O-])O. The second kappa shape index (κ2) is 16.1. The molecule has 2 N–H and O–H groups in total. The van der Waals surface area contributed by atoms with E-state index in [1.165, 1.54) is 77.4 Å². The molecule has 1 rings (SSSR count). The lowest BCUT2D eigenvalue weighted by atomic mass is 10.0. The lowest BCUT2D eigenvalue weighted by Gasteiger charge is -2.25. The van der Waals surface area contributed by atoms with E-state index in [4.69, 9.17) is 4.74 Å². The Bertz CT molecular complexity index is 564. The van der Waals surface area contributed by atoms with Crippen LogP contribution >= 0.6 is 0 Å². The summed E-state index contributed by atoms with van der Waals surface area (Å²) in [5, 5.41) is 22.9. The number of hydrogen-bond donors (Lipinski definition) is 2. The van der Waals surface area contributed by atoms with Crippen molar-refractivity contribution < 1.29 is 14.7 Å². The van der Waals surface area contributed by atoms with Gasteiger partial charge in [-0.15, -0.1) is 0 Å². The van der Waals surface area contributed by atoms with Gasteiger partial charge in [0, 0.05) is 12.5 Å². The predicted octanol–water partition coefficient (Wildman–Crippen LogP) is 6.81. The highest BCUT2D eigenvalue weighted by atomic mass is 16.8. The maximum absolute atomic E-state index is 12.1. The fraction of sp³-hybridized carbons (Fsp3) is 0.696. The third kappa shape index (κ3) is 11.7. The summed E-state index contributed by atoms with van der Waals surface area (Å²) in [4.78, 5) is 12.1. The molecule has 29 heavy (non-hydrogen) atoms. The van der Waals surface area contributed by atoms with Gasteiger partial charge in [0.05, 0.1) is 18.5 Å². The summed E-state index contributed by atoms with van der Waals surface area (Å²) in [6.07, 6.45) is 16.8. The Kier molecular flexibility index (Phi) is 14.0. The van der Waals surface area contributed by atoms with Gasteiger partial charge in [-0.2, -0.15) is 0 Å². The van der Waals surface area contributed by atoms with Gasteiger partial charge in [-0.25, -0.2) is 0 Å². The summed E-state index contributed by atoms with van der Waals surface area (Å²) in [6, 6.07) is 4.57. The molecule has 1 amide bonds. The van der Waals surface area contributed by atoms with Crippen LogP contribution in [0.1, 0.15) is 96.8 Å². The maximum atomic E-state index is 12.1. The standard InChI is InChI=1S/C23H39N2O4/c1-3-4-5-6-7-8-9-10-11-12-13-14-15-16-23(26)24-21-18-17-20(29-2)19-22(21)25(27)28/h17-19,27H,3-16H2,1-2H3,(H,24,26)/q-1. The number of carbonyl (C=O) groups excluding carboxylic acids is 1. The van der Waals surface area contributed by atoms with Crippen LogP contribution in [-0.2, 0) is 4.79 Å². The minimum Gasteiger partial charge on any atom is -0.733 e. The molecular weight excluding hydrogens is 368 g/mol. The first kappa shape index (κ1) is 25.2. The monoisotopic (exact) mass is 407 g/mol. The normalized spacial score (nSPS) is 10.8. The summed E-state index contributed by atoms with van der Waals surface area (Å²) in [7, 11) is 1.47. The Hall–Kier alpha value is -1.79. The molecule has 0 aromatic heterocycles. The van der Waals surface area contributed by atoms with Gasteiger partial charge in [-0.3, -0.25) is 10.0 Å². The number of benzene rings is 1. The van der Waals surface area contributed by atoms with Gasteiger partial charge in [-0.05, 0) is 18.6 Å². The number of anilines is 2. The van der Waals surface area contributed by atoms with E-state index in [1.807, 2.05) is 0 Å². The molecule has 1 aromatic rings. The highest BCUT2D eigenvalue weighted by molar-refractivity contribution is 5.94. The molecule has 0 aliphatic rings. The molecule has 0 bridgehead atoms. The van der Waals surface area contributed by atoms with Crippen molar-refractivity contribution in [3.05, 3.63) is 23.4 Å². The first-order valence-corrected chi connectivity index (χ1v) is 11.2. The number of hydrogen-bond acceptors (Lipinski definition) is 5. The predicted molar refractivity (Wildman–Crippen MR) is 120 cm³/mol. The average Bonchev–Trinajstić information content (AvgIpc) is 2.71. The second-order valence-corrected chi connectivity index (χ2v) is 7.70. The Morgan fingerprint density at radius 3 is 1.97 bits per heavy atom. The molecule has 0 heterocycles. The zero-order chi connectivity index (χ0) is 21.3. The van der Waals surface area contributed by atoms with E-state index in [1.54, 1.807) is 12.1 Å². The van der Waals surface area contributed by atoms with Crippen molar-refractivity contribution in [2.45, 2.75) is 96.8 Å². The zero-order valence-corrected chi connectivity index (χ0v) is 18.3. The number of amides is 1. The summed E-state index contributed by atoms with van der Waals surface area (Å²) in [5.74, 6) is 0.283. The van der Waals surface area contributed by atoms with Crippen LogP contribution in [0.4, 0.5) is 11.4 Å². The number of methoxy groups -OCH3 is 1. The number of ether oxygens (including phenoxy) is 1. The number of nitrogens with zero attached hydrogens (tertiary/aromatic N) is 1. The van der Waals surface area contributed by atoms with Crippen molar-refractivity contribution in [1.29, 1.82) is 0 Å². The van der Waals surface area contributed by atoms with Gasteiger partial charge in [0.1, 0.15) is 5.75 Å². The molecule has 0 aliphatic heterocycles. The molecule has 0 radical (unpaired) electrons. The lowest BCUT2D eigenvalue weighted by Crippen LogP contribution is -2.16. The number of unbranched alkanes of at least 4 members (excludes halogenated alkanes) is 12. The van der Waals surface area contributed by atoms with E-state index in [-0.39, 0.29) is 22.5 Å². The first-order valence-electron chi connectivity index (χ1n) is 11.2. The van der Waals surface area contributed by atoms with Gasteiger partial charge >= 0.3 is 0 Å². The van der Waals surface area contributed by atoms with Gasteiger partial charge in [0.2, 0.25) is 5.91 Å². The largest absolute Gasteiger partial charge is 0.733 e. The molecule has 6 heteroatoms. The molecule has 0 saturated heterocycles. The first-order chi connectivity index (χ1) is 14.1. The number of nitrogens with one attached hydrogen (secondary N) is 1. The fourth-order valence-corrected chi connectivity index (χ4v) is 3.42. The van der Waals surface area contributed by atoms with E-state index in [0.29, 0.717) is 12.2 Å². The molecule has 0 aliphatic carbocycles. The second-order valence-electron chi connectivity index (χ2n) is 7.70. The third-order valence-corrected chi connectivity index (χ3v) is 5.19. The van der Waals surface area contributed by atoms with Crippen LogP contribution < -0.4 is 15.3 Å². The van der Waals surface area contributed by atoms with Gasteiger partial charge in [0.15, 0.2) is 0 Å². The highest BCUT2D eigenvalue weighted by Gasteiger charge is 2.09. The molecule has 1 aromatic carbocycles. The lowest BCUT2D eigenvalue weighted by molar-refractivity contribution is -0.116. The van der Waals surface area contributed by atoms with Crippen molar-refractivity contribution >= 4 is 17.3 Å². The van der Waals surface area contributed by atoms with Crippen LogP contribution in [-0.4, -0.2) is 18.2 Å². The summed E-state index contributed by atoms with van der Waals surface area (Å²) < 4.78 is 5.03. The quantitative estimate of drug-likeness (QED) is 0.219. The Labute approximate surface area is 176 Å². The Morgan fingerprint density at radius 1 is 0.966 bits per heavy atom. The van der Waals surface area contributed by atoms with Crippen LogP contribution in [0.5, 0.6) is 5.75 Å². The van der Waals surface area contributed by atoms with E-state index < -0.39 is 0 Å². The van der Waals surface area contributed by atoms with Gasteiger partial charge < -0.3 is 20.5 Å². The van der Waals surface area contributed by atoms with Crippen molar-refractivity contribution in [2.24, 2.45) is 0 Å². The number of carbonyl (C=O) groups is 1. The van der Waals surface area contributed by atoms with Gasteiger partial charge in [-0.1, -0.05) is 84.0 Å². The van der Waals surface area contributed by atoms with E-state index in [0.717, 1.165) is 19.3 Å². The number of rotatable bonds is 17. The smallest absolute Gasteiger partial charge is 0.224 e. The topological polar surface area (TPSA) is 84.9 Å². The van der Waals surface area contributed by atoms with Crippen molar-refractivity contribution in [1.82, 2.24) is 0 Å². The summed E-state index contributed by atoms with van der Waals surface area (Å²) in [6.45, 7) is 2.25.